The first-order valence-electron chi connectivity index (χ1n) is 8.70. The maximum atomic E-state index is 11.2. The van der Waals surface area contributed by atoms with Crippen molar-refractivity contribution in [2.24, 2.45) is 0 Å². The Morgan fingerprint density at radius 2 is 1.89 bits per heavy atom. The van der Waals surface area contributed by atoms with Gasteiger partial charge in [0.25, 0.3) is 0 Å². The molecule has 2 heterocycles. The molecular formula is C19H23N3O6. The number of aromatic nitrogens is 2. The van der Waals surface area contributed by atoms with Gasteiger partial charge >= 0.3 is 6.09 Å². The van der Waals surface area contributed by atoms with Crippen molar-refractivity contribution in [2.75, 3.05) is 26.6 Å². The number of nitrogens with one attached hydrogen (secondary N) is 1. The molecule has 2 aromatic heterocycles. The summed E-state index contributed by atoms with van der Waals surface area (Å²) in [5, 5.41) is 16.1. The number of nitrogens with zero attached hydrogens (tertiary/aromatic N) is 2. The second-order valence-corrected chi connectivity index (χ2v) is 6.14. The largest absolute Gasteiger partial charge is 0.496 e. The molecular weight excluding hydrogens is 366 g/mol. The van der Waals surface area contributed by atoms with Crippen LogP contribution in [-0.4, -0.2) is 42.1 Å². The van der Waals surface area contributed by atoms with Crippen molar-refractivity contribution in [2.45, 2.75) is 26.9 Å². The SMILES string of the molecule is CCc1nn2c(-c3c(OC)cc(COC)cc3OC)c(C)oc2c1NC(=O)O. The predicted molar refractivity (Wildman–Crippen MR) is 102 cm³/mol. The maximum Gasteiger partial charge on any atom is 0.409 e. The van der Waals surface area contributed by atoms with Crippen molar-refractivity contribution in [1.82, 2.24) is 9.61 Å². The Morgan fingerprint density at radius 3 is 2.39 bits per heavy atom. The van der Waals surface area contributed by atoms with E-state index in [9.17, 15) is 4.79 Å². The van der Waals surface area contributed by atoms with Crippen LogP contribution in [0.1, 0.15) is 23.9 Å². The fraction of sp³-hybridized carbons (Fsp3) is 0.368. The number of hydrogen-bond donors (Lipinski definition) is 2. The summed E-state index contributed by atoms with van der Waals surface area (Å²) in [6, 6.07) is 3.72. The second-order valence-electron chi connectivity index (χ2n) is 6.14. The quantitative estimate of drug-likeness (QED) is 0.634. The molecule has 0 atom stereocenters. The molecule has 0 bridgehead atoms. The molecule has 2 N–H and O–H groups in total. The van der Waals surface area contributed by atoms with Gasteiger partial charge in [-0.15, -0.1) is 0 Å². The first-order valence-corrected chi connectivity index (χ1v) is 8.70. The average Bonchev–Trinajstić information content (AvgIpc) is 3.15. The van der Waals surface area contributed by atoms with E-state index in [1.165, 1.54) is 0 Å². The number of hydrogen-bond acceptors (Lipinski definition) is 6. The van der Waals surface area contributed by atoms with Crippen LogP contribution in [0.4, 0.5) is 10.5 Å². The van der Waals surface area contributed by atoms with Crippen LogP contribution in [0.25, 0.3) is 17.0 Å². The van der Waals surface area contributed by atoms with Gasteiger partial charge in [0.05, 0.1) is 32.1 Å². The molecule has 0 aliphatic rings. The van der Waals surface area contributed by atoms with Crippen LogP contribution < -0.4 is 14.8 Å². The highest BCUT2D eigenvalue weighted by molar-refractivity contribution is 5.90. The first-order chi connectivity index (χ1) is 13.4. The third-order valence-electron chi connectivity index (χ3n) is 4.39. The van der Waals surface area contributed by atoms with Crippen molar-refractivity contribution >= 4 is 17.5 Å². The van der Waals surface area contributed by atoms with E-state index >= 15 is 0 Å². The fourth-order valence-corrected chi connectivity index (χ4v) is 3.25. The summed E-state index contributed by atoms with van der Waals surface area (Å²) in [6.45, 7) is 4.07. The van der Waals surface area contributed by atoms with E-state index in [0.29, 0.717) is 58.6 Å². The Hall–Kier alpha value is -3.20. The number of oxazole rings is 1. The van der Waals surface area contributed by atoms with Crippen molar-refractivity contribution in [3.05, 3.63) is 29.2 Å². The van der Waals surface area contributed by atoms with Crippen LogP contribution in [0, 0.1) is 6.92 Å². The van der Waals surface area contributed by atoms with E-state index in [4.69, 9.17) is 23.7 Å². The van der Waals surface area contributed by atoms with E-state index in [0.717, 1.165) is 5.56 Å². The third kappa shape index (κ3) is 3.24. The summed E-state index contributed by atoms with van der Waals surface area (Å²) >= 11 is 0. The number of anilines is 1. The van der Waals surface area contributed by atoms with E-state index in [-0.39, 0.29) is 0 Å². The molecule has 0 radical (unpaired) electrons. The predicted octanol–water partition coefficient (Wildman–Crippen LogP) is 3.72. The Morgan fingerprint density at radius 1 is 1.25 bits per heavy atom. The Balaban J connectivity index is 2.31. The smallest absolute Gasteiger partial charge is 0.409 e. The number of amides is 1. The average molecular weight is 389 g/mol. The van der Waals surface area contributed by atoms with Gasteiger partial charge in [0.2, 0.25) is 5.71 Å². The minimum atomic E-state index is -1.18. The van der Waals surface area contributed by atoms with Crippen LogP contribution >= 0.6 is 0 Å². The number of rotatable bonds is 7. The molecule has 1 aromatic carbocycles. The van der Waals surface area contributed by atoms with Crippen molar-refractivity contribution < 1.29 is 28.5 Å². The molecule has 3 aromatic rings. The van der Waals surface area contributed by atoms with Gasteiger partial charge < -0.3 is 23.7 Å². The van der Waals surface area contributed by atoms with Gasteiger partial charge in [-0.05, 0) is 31.0 Å². The zero-order valence-corrected chi connectivity index (χ0v) is 16.5. The molecule has 1 amide bonds. The van der Waals surface area contributed by atoms with Gasteiger partial charge in [-0.2, -0.15) is 9.61 Å². The molecule has 0 spiro atoms. The number of aryl methyl sites for hydroxylation is 2. The van der Waals surface area contributed by atoms with Gasteiger partial charge in [0, 0.05) is 7.11 Å². The van der Waals surface area contributed by atoms with Gasteiger partial charge in [0.1, 0.15) is 28.6 Å². The van der Waals surface area contributed by atoms with Crippen molar-refractivity contribution in [3.8, 4) is 22.8 Å². The van der Waals surface area contributed by atoms with E-state index in [2.05, 4.69) is 10.4 Å². The van der Waals surface area contributed by atoms with Crippen molar-refractivity contribution in [3.63, 3.8) is 0 Å². The lowest BCUT2D eigenvalue weighted by atomic mass is 10.0. The van der Waals surface area contributed by atoms with Gasteiger partial charge in [-0.25, -0.2) is 4.79 Å². The first kappa shape index (κ1) is 19.6. The Labute approximate surface area is 161 Å². The highest BCUT2D eigenvalue weighted by Crippen LogP contribution is 2.43. The lowest BCUT2D eigenvalue weighted by Gasteiger charge is -2.15. The Bertz CT molecular complexity index is 996. The summed E-state index contributed by atoms with van der Waals surface area (Å²) in [5.74, 6) is 1.69. The zero-order chi connectivity index (χ0) is 20.4. The van der Waals surface area contributed by atoms with Crippen LogP contribution in [-0.2, 0) is 17.8 Å². The van der Waals surface area contributed by atoms with Gasteiger partial charge in [0.15, 0.2) is 0 Å². The fourth-order valence-electron chi connectivity index (χ4n) is 3.25. The van der Waals surface area contributed by atoms with Crippen LogP contribution in [0.2, 0.25) is 0 Å². The third-order valence-corrected chi connectivity index (χ3v) is 4.39. The number of carbonyl (C=O) groups is 1. The molecule has 150 valence electrons. The van der Waals surface area contributed by atoms with E-state index in [1.807, 2.05) is 19.1 Å². The second kappa shape index (κ2) is 7.81. The topological polar surface area (TPSA) is 107 Å². The minimum absolute atomic E-state index is 0.317. The highest BCUT2D eigenvalue weighted by Gasteiger charge is 2.27. The molecule has 3 rings (SSSR count). The summed E-state index contributed by atoms with van der Waals surface area (Å²) in [7, 11) is 4.75. The summed E-state index contributed by atoms with van der Waals surface area (Å²) in [4.78, 5) is 11.2. The molecule has 0 unspecified atom stereocenters. The normalized spacial score (nSPS) is 11.0. The number of benzene rings is 1. The molecule has 0 saturated heterocycles. The van der Waals surface area contributed by atoms with Crippen LogP contribution in [0.3, 0.4) is 0 Å². The molecule has 0 aliphatic heterocycles. The summed E-state index contributed by atoms with van der Waals surface area (Å²) in [5.41, 5.74) is 3.40. The minimum Gasteiger partial charge on any atom is -0.496 e. The van der Waals surface area contributed by atoms with E-state index < -0.39 is 6.09 Å². The highest BCUT2D eigenvalue weighted by atomic mass is 16.5. The summed E-state index contributed by atoms with van der Waals surface area (Å²) in [6.07, 6.45) is -0.647. The maximum absolute atomic E-state index is 11.2. The van der Waals surface area contributed by atoms with Crippen molar-refractivity contribution in [1.29, 1.82) is 0 Å². The molecule has 9 heteroatoms. The number of methoxy groups -OCH3 is 3. The van der Waals surface area contributed by atoms with E-state index in [1.54, 1.807) is 32.8 Å². The standard InChI is InChI=1S/C19H23N3O6/c1-6-12-16(20-19(23)24)18-22(21-12)17(10(2)28-18)15-13(26-4)7-11(9-25-3)8-14(15)27-5/h7-8,20H,6,9H2,1-5H3,(H,23,24). The number of fused-ring (bicyclic) bond motifs is 1. The molecule has 28 heavy (non-hydrogen) atoms. The monoisotopic (exact) mass is 389 g/mol. The van der Waals surface area contributed by atoms with Gasteiger partial charge in [-0.3, -0.25) is 5.32 Å². The molecule has 0 saturated carbocycles. The van der Waals surface area contributed by atoms with Crippen LogP contribution in [0.5, 0.6) is 11.5 Å². The lowest BCUT2D eigenvalue weighted by Crippen LogP contribution is -2.08. The lowest BCUT2D eigenvalue weighted by molar-refractivity contribution is 0.184. The Kier molecular flexibility index (Phi) is 5.46. The van der Waals surface area contributed by atoms with Gasteiger partial charge in [-0.1, -0.05) is 6.92 Å². The molecule has 0 aliphatic carbocycles. The molecule has 9 nitrogen and oxygen atoms in total. The molecule has 0 fully saturated rings. The van der Waals surface area contributed by atoms with Crippen LogP contribution in [0.15, 0.2) is 16.5 Å². The number of carboxylic acid groups (broad SMARTS) is 1. The number of ether oxygens (including phenoxy) is 3. The summed E-state index contributed by atoms with van der Waals surface area (Å²) < 4.78 is 23.9. The zero-order valence-electron chi connectivity index (χ0n) is 16.5.